The molecule has 1 aromatic heterocycles. The SMILES string of the molecule is Cc1cc(CN)cnc1Sc1ccc2c(c1)OCCO2. The number of nitrogens with zero attached hydrogens (tertiary/aromatic N) is 1. The molecule has 0 radical (unpaired) electrons. The van der Waals surface area contributed by atoms with E-state index < -0.39 is 0 Å². The number of aromatic nitrogens is 1. The molecule has 2 aromatic rings. The Hall–Kier alpha value is -1.72. The van der Waals surface area contributed by atoms with Crippen LogP contribution in [0.5, 0.6) is 11.5 Å². The zero-order valence-electron chi connectivity index (χ0n) is 11.3. The molecule has 0 saturated carbocycles. The molecule has 104 valence electrons. The van der Waals surface area contributed by atoms with E-state index in [-0.39, 0.29) is 0 Å². The summed E-state index contributed by atoms with van der Waals surface area (Å²) in [7, 11) is 0. The first-order valence-corrected chi connectivity index (χ1v) is 7.31. The Kier molecular flexibility index (Phi) is 3.80. The van der Waals surface area contributed by atoms with Crippen molar-refractivity contribution in [2.75, 3.05) is 13.2 Å². The van der Waals surface area contributed by atoms with Gasteiger partial charge >= 0.3 is 0 Å². The average molecular weight is 288 g/mol. The minimum atomic E-state index is 0.517. The molecular weight excluding hydrogens is 272 g/mol. The summed E-state index contributed by atoms with van der Waals surface area (Å²) in [6.07, 6.45) is 1.83. The Morgan fingerprint density at radius 1 is 1.20 bits per heavy atom. The Morgan fingerprint density at radius 3 is 2.75 bits per heavy atom. The third-order valence-corrected chi connectivity index (χ3v) is 4.16. The number of rotatable bonds is 3. The van der Waals surface area contributed by atoms with Gasteiger partial charge in [0.05, 0.1) is 0 Å². The lowest BCUT2D eigenvalue weighted by atomic mass is 10.2. The molecule has 5 heteroatoms. The molecule has 0 fully saturated rings. The number of hydrogen-bond acceptors (Lipinski definition) is 5. The van der Waals surface area contributed by atoms with Crippen LogP contribution in [0.3, 0.4) is 0 Å². The molecule has 1 aromatic carbocycles. The summed E-state index contributed by atoms with van der Waals surface area (Å²) in [4.78, 5) is 5.56. The molecule has 0 bridgehead atoms. The van der Waals surface area contributed by atoms with Crippen molar-refractivity contribution in [1.29, 1.82) is 0 Å². The number of ether oxygens (including phenoxy) is 2. The van der Waals surface area contributed by atoms with Crippen molar-refractivity contribution in [2.24, 2.45) is 5.73 Å². The van der Waals surface area contributed by atoms with Crippen LogP contribution in [-0.4, -0.2) is 18.2 Å². The zero-order chi connectivity index (χ0) is 13.9. The van der Waals surface area contributed by atoms with E-state index in [1.165, 1.54) is 0 Å². The van der Waals surface area contributed by atoms with Crippen LogP contribution in [0.4, 0.5) is 0 Å². The summed E-state index contributed by atoms with van der Waals surface area (Å²) in [5.74, 6) is 1.61. The van der Waals surface area contributed by atoms with Gasteiger partial charge in [-0.15, -0.1) is 0 Å². The minimum absolute atomic E-state index is 0.517. The first kappa shape index (κ1) is 13.3. The van der Waals surface area contributed by atoms with E-state index in [2.05, 4.69) is 11.1 Å². The molecule has 2 heterocycles. The second kappa shape index (κ2) is 5.73. The fraction of sp³-hybridized carbons (Fsp3) is 0.267. The van der Waals surface area contributed by atoms with Gasteiger partial charge in [-0.3, -0.25) is 0 Å². The highest BCUT2D eigenvalue weighted by Gasteiger charge is 2.13. The first-order chi connectivity index (χ1) is 9.76. The van der Waals surface area contributed by atoms with Gasteiger partial charge < -0.3 is 15.2 Å². The van der Waals surface area contributed by atoms with Crippen molar-refractivity contribution in [3.63, 3.8) is 0 Å². The fourth-order valence-electron chi connectivity index (χ4n) is 2.04. The van der Waals surface area contributed by atoms with E-state index in [0.717, 1.165) is 32.5 Å². The molecule has 0 atom stereocenters. The van der Waals surface area contributed by atoms with Gasteiger partial charge in [0, 0.05) is 17.6 Å². The largest absolute Gasteiger partial charge is 0.486 e. The minimum Gasteiger partial charge on any atom is -0.486 e. The fourth-order valence-corrected chi connectivity index (χ4v) is 2.89. The lowest BCUT2D eigenvalue weighted by Crippen LogP contribution is -2.15. The Morgan fingerprint density at radius 2 is 2.00 bits per heavy atom. The van der Waals surface area contributed by atoms with Gasteiger partial charge in [0.2, 0.25) is 0 Å². The lowest BCUT2D eigenvalue weighted by Gasteiger charge is -2.18. The number of benzene rings is 1. The summed E-state index contributed by atoms with van der Waals surface area (Å²) in [6.45, 7) is 3.78. The first-order valence-electron chi connectivity index (χ1n) is 6.49. The number of hydrogen-bond donors (Lipinski definition) is 1. The van der Waals surface area contributed by atoms with Crippen molar-refractivity contribution in [2.45, 2.75) is 23.4 Å². The molecule has 0 saturated heterocycles. The standard InChI is InChI=1S/C15H16N2O2S/c1-10-6-11(8-16)9-17-15(10)20-12-2-3-13-14(7-12)19-5-4-18-13/h2-3,6-7,9H,4-5,8,16H2,1H3. The van der Waals surface area contributed by atoms with E-state index >= 15 is 0 Å². The molecule has 3 rings (SSSR count). The van der Waals surface area contributed by atoms with Crippen LogP contribution < -0.4 is 15.2 Å². The molecule has 0 aliphatic carbocycles. The smallest absolute Gasteiger partial charge is 0.162 e. The summed E-state index contributed by atoms with van der Waals surface area (Å²) in [5, 5.41) is 0.985. The second-order valence-corrected chi connectivity index (χ2v) is 5.64. The Balaban J connectivity index is 1.84. The van der Waals surface area contributed by atoms with Crippen LogP contribution in [0, 0.1) is 6.92 Å². The highest BCUT2D eigenvalue weighted by atomic mass is 32.2. The summed E-state index contributed by atoms with van der Waals surface area (Å²) in [6, 6.07) is 8.04. The van der Waals surface area contributed by atoms with Gasteiger partial charge in [-0.25, -0.2) is 4.98 Å². The lowest BCUT2D eigenvalue weighted by molar-refractivity contribution is 0.171. The summed E-state index contributed by atoms with van der Waals surface area (Å²) in [5.41, 5.74) is 7.80. The highest BCUT2D eigenvalue weighted by molar-refractivity contribution is 7.99. The molecule has 0 amide bonds. The van der Waals surface area contributed by atoms with E-state index in [4.69, 9.17) is 15.2 Å². The second-order valence-electron chi connectivity index (χ2n) is 4.58. The predicted octanol–water partition coefficient (Wildman–Crippen LogP) is 2.77. The maximum absolute atomic E-state index is 5.62. The number of nitrogens with two attached hydrogens (primary N) is 1. The van der Waals surface area contributed by atoms with E-state index in [1.807, 2.05) is 31.3 Å². The van der Waals surface area contributed by atoms with Gasteiger partial charge in [-0.05, 0) is 36.2 Å². The maximum atomic E-state index is 5.62. The van der Waals surface area contributed by atoms with Gasteiger partial charge in [0.1, 0.15) is 18.2 Å². The Bertz CT molecular complexity index is 631. The summed E-state index contributed by atoms with van der Waals surface area (Å²) >= 11 is 1.62. The monoisotopic (exact) mass is 288 g/mol. The molecule has 1 aliphatic heterocycles. The van der Waals surface area contributed by atoms with Crippen LogP contribution in [0.15, 0.2) is 40.4 Å². The average Bonchev–Trinajstić information content (AvgIpc) is 2.49. The van der Waals surface area contributed by atoms with Crippen LogP contribution in [-0.2, 0) is 6.54 Å². The van der Waals surface area contributed by atoms with Crippen molar-refractivity contribution >= 4 is 11.8 Å². The van der Waals surface area contributed by atoms with Crippen molar-refractivity contribution in [3.05, 3.63) is 41.6 Å². The highest BCUT2D eigenvalue weighted by Crippen LogP contribution is 2.37. The summed E-state index contributed by atoms with van der Waals surface area (Å²) < 4.78 is 11.1. The van der Waals surface area contributed by atoms with Crippen molar-refractivity contribution in [3.8, 4) is 11.5 Å². The van der Waals surface area contributed by atoms with Gasteiger partial charge in [-0.1, -0.05) is 17.8 Å². The van der Waals surface area contributed by atoms with Gasteiger partial charge in [0.25, 0.3) is 0 Å². The molecule has 1 aliphatic rings. The third kappa shape index (κ3) is 2.73. The van der Waals surface area contributed by atoms with Gasteiger partial charge in [-0.2, -0.15) is 0 Å². The molecule has 4 nitrogen and oxygen atoms in total. The molecule has 20 heavy (non-hydrogen) atoms. The van der Waals surface area contributed by atoms with Crippen LogP contribution in [0.25, 0.3) is 0 Å². The van der Waals surface area contributed by atoms with Crippen LogP contribution in [0.1, 0.15) is 11.1 Å². The molecule has 0 spiro atoms. The van der Waals surface area contributed by atoms with E-state index in [1.54, 1.807) is 11.8 Å². The maximum Gasteiger partial charge on any atom is 0.162 e. The molecule has 0 unspecified atom stereocenters. The topological polar surface area (TPSA) is 57.4 Å². The van der Waals surface area contributed by atoms with E-state index in [9.17, 15) is 0 Å². The number of pyridine rings is 1. The normalized spacial score (nSPS) is 13.3. The van der Waals surface area contributed by atoms with E-state index in [0.29, 0.717) is 19.8 Å². The molecular formula is C15H16N2O2S. The zero-order valence-corrected chi connectivity index (χ0v) is 12.1. The molecule has 2 N–H and O–H groups in total. The van der Waals surface area contributed by atoms with Crippen LogP contribution >= 0.6 is 11.8 Å². The van der Waals surface area contributed by atoms with Gasteiger partial charge in [0.15, 0.2) is 11.5 Å². The quantitative estimate of drug-likeness (QED) is 0.941. The number of fused-ring (bicyclic) bond motifs is 1. The van der Waals surface area contributed by atoms with Crippen LogP contribution in [0.2, 0.25) is 0 Å². The third-order valence-electron chi connectivity index (χ3n) is 3.05. The Labute approximate surface area is 122 Å². The number of aryl methyl sites for hydroxylation is 1. The predicted molar refractivity (Wildman–Crippen MR) is 78.4 cm³/mol. The van der Waals surface area contributed by atoms with Crippen molar-refractivity contribution in [1.82, 2.24) is 4.98 Å². The van der Waals surface area contributed by atoms with Crippen molar-refractivity contribution < 1.29 is 9.47 Å².